The summed E-state index contributed by atoms with van der Waals surface area (Å²) in [5.74, 6) is 0.801. The maximum atomic E-state index is 12.5. The molecule has 6 heteroatoms. The number of para-hydroxylation sites is 1. The molecule has 3 rings (SSSR count). The monoisotopic (exact) mass is 325 g/mol. The van der Waals surface area contributed by atoms with Crippen LogP contribution in [0.25, 0.3) is 5.69 Å². The predicted octanol–water partition coefficient (Wildman–Crippen LogP) is 2.41. The molecule has 1 aromatic carbocycles. The van der Waals surface area contributed by atoms with Crippen LogP contribution in [0.4, 0.5) is 0 Å². The molecular formula is C18H19N3O3. The number of hydrogen-bond acceptors (Lipinski definition) is 4. The lowest BCUT2D eigenvalue weighted by atomic mass is 10.0. The lowest BCUT2D eigenvalue weighted by Crippen LogP contribution is -2.39. The third-order valence-electron chi connectivity index (χ3n) is 3.77. The van der Waals surface area contributed by atoms with Gasteiger partial charge in [-0.25, -0.2) is 4.98 Å². The summed E-state index contributed by atoms with van der Waals surface area (Å²) in [6, 6.07) is 12.9. The summed E-state index contributed by atoms with van der Waals surface area (Å²) in [5, 5.41) is 13.2. The van der Waals surface area contributed by atoms with Gasteiger partial charge in [-0.05, 0) is 38.1 Å². The van der Waals surface area contributed by atoms with Gasteiger partial charge in [0.25, 0.3) is 5.91 Å². The van der Waals surface area contributed by atoms with Crippen LogP contribution in [0.3, 0.4) is 0 Å². The van der Waals surface area contributed by atoms with Crippen LogP contribution in [-0.2, 0) is 5.60 Å². The van der Waals surface area contributed by atoms with Gasteiger partial charge in [-0.3, -0.25) is 9.36 Å². The van der Waals surface area contributed by atoms with E-state index in [9.17, 15) is 9.90 Å². The molecule has 0 aliphatic heterocycles. The summed E-state index contributed by atoms with van der Waals surface area (Å²) in [6.07, 6.45) is 3.08. The summed E-state index contributed by atoms with van der Waals surface area (Å²) in [6.45, 7) is 3.43. The van der Waals surface area contributed by atoms with E-state index in [0.717, 1.165) is 5.69 Å². The Balaban J connectivity index is 1.74. The molecule has 0 bridgehead atoms. The van der Waals surface area contributed by atoms with E-state index in [1.165, 1.54) is 6.20 Å². The second-order valence-electron chi connectivity index (χ2n) is 5.85. The van der Waals surface area contributed by atoms with Crippen molar-refractivity contribution in [1.82, 2.24) is 14.9 Å². The number of carbonyl (C=O) groups is 1. The van der Waals surface area contributed by atoms with E-state index in [4.69, 9.17) is 4.42 Å². The Labute approximate surface area is 139 Å². The molecule has 0 saturated carbocycles. The molecule has 1 unspecified atom stereocenters. The highest BCUT2D eigenvalue weighted by Gasteiger charge is 2.28. The zero-order valence-electron chi connectivity index (χ0n) is 13.6. The summed E-state index contributed by atoms with van der Waals surface area (Å²) in [7, 11) is 0. The van der Waals surface area contributed by atoms with Crippen LogP contribution >= 0.6 is 0 Å². The van der Waals surface area contributed by atoms with Crippen LogP contribution in [0.1, 0.15) is 28.9 Å². The lowest BCUT2D eigenvalue weighted by molar-refractivity contribution is 0.0322. The average Bonchev–Trinajstić information content (AvgIpc) is 3.23. The Hall–Kier alpha value is -2.86. The molecule has 0 aliphatic rings. The van der Waals surface area contributed by atoms with Crippen LogP contribution in [0, 0.1) is 6.92 Å². The molecule has 0 fully saturated rings. The normalized spacial score (nSPS) is 13.5. The van der Waals surface area contributed by atoms with E-state index < -0.39 is 5.60 Å². The van der Waals surface area contributed by atoms with Gasteiger partial charge in [0.05, 0.1) is 19.1 Å². The largest absolute Gasteiger partial charge is 0.463 e. The highest BCUT2D eigenvalue weighted by molar-refractivity contribution is 5.93. The molecule has 2 N–H and O–H groups in total. The Bertz CT molecular complexity index is 834. The fraction of sp³-hybridized carbons (Fsp3) is 0.222. The van der Waals surface area contributed by atoms with Crippen molar-refractivity contribution in [2.24, 2.45) is 0 Å². The van der Waals surface area contributed by atoms with Crippen molar-refractivity contribution in [2.45, 2.75) is 19.4 Å². The first kappa shape index (κ1) is 16.0. The van der Waals surface area contributed by atoms with Gasteiger partial charge in [0.2, 0.25) is 0 Å². The topological polar surface area (TPSA) is 80.3 Å². The van der Waals surface area contributed by atoms with Gasteiger partial charge in [-0.1, -0.05) is 18.2 Å². The van der Waals surface area contributed by atoms with Gasteiger partial charge in [0.15, 0.2) is 0 Å². The Morgan fingerprint density at radius 2 is 2.04 bits per heavy atom. The number of benzene rings is 1. The quantitative estimate of drug-likeness (QED) is 0.755. The Kier molecular flexibility index (Phi) is 4.22. The first-order chi connectivity index (χ1) is 11.5. The van der Waals surface area contributed by atoms with E-state index >= 15 is 0 Å². The molecule has 6 nitrogen and oxygen atoms in total. The van der Waals surface area contributed by atoms with Crippen molar-refractivity contribution in [1.29, 1.82) is 0 Å². The number of aryl methyl sites for hydroxylation is 1. The molecule has 2 heterocycles. The molecule has 0 spiro atoms. The average molecular weight is 325 g/mol. The van der Waals surface area contributed by atoms with Gasteiger partial charge in [-0.2, -0.15) is 0 Å². The number of hydrogen-bond donors (Lipinski definition) is 2. The number of aliphatic hydroxyl groups is 1. The molecule has 2 aromatic heterocycles. The number of aromatic nitrogens is 2. The van der Waals surface area contributed by atoms with Crippen molar-refractivity contribution in [3.8, 4) is 5.69 Å². The maximum Gasteiger partial charge on any atom is 0.270 e. The maximum absolute atomic E-state index is 12.5. The fourth-order valence-corrected chi connectivity index (χ4v) is 2.41. The van der Waals surface area contributed by atoms with Crippen LogP contribution in [-0.4, -0.2) is 27.1 Å². The zero-order chi connectivity index (χ0) is 17.2. The molecule has 3 aromatic rings. The lowest BCUT2D eigenvalue weighted by Gasteiger charge is -2.21. The first-order valence-corrected chi connectivity index (χ1v) is 7.62. The third-order valence-corrected chi connectivity index (χ3v) is 3.77. The molecule has 0 radical (unpaired) electrons. The van der Waals surface area contributed by atoms with Crippen LogP contribution in [0.2, 0.25) is 0 Å². The van der Waals surface area contributed by atoms with Gasteiger partial charge in [0.1, 0.15) is 22.8 Å². The first-order valence-electron chi connectivity index (χ1n) is 7.62. The number of nitrogens with one attached hydrogen (secondary N) is 1. The number of carbonyl (C=O) groups excluding carboxylic acids is 1. The third kappa shape index (κ3) is 3.23. The van der Waals surface area contributed by atoms with Crippen molar-refractivity contribution in [3.63, 3.8) is 0 Å². The SMILES string of the molecule is Cc1ccc(C(C)(O)CNC(=O)c2cncn2-c2ccccc2)o1. The molecule has 0 saturated heterocycles. The predicted molar refractivity (Wildman–Crippen MR) is 88.9 cm³/mol. The summed E-state index contributed by atoms with van der Waals surface area (Å²) in [4.78, 5) is 16.5. The number of furan rings is 1. The second kappa shape index (κ2) is 6.33. The van der Waals surface area contributed by atoms with Crippen molar-refractivity contribution < 1.29 is 14.3 Å². The molecule has 124 valence electrons. The van der Waals surface area contributed by atoms with Gasteiger partial charge >= 0.3 is 0 Å². The second-order valence-corrected chi connectivity index (χ2v) is 5.85. The minimum absolute atomic E-state index is 0.0265. The number of nitrogens with zero attached hydrogens (tertiary/aromatic N) is 2. The van der Waals surface area contributed by atoms with Crippen LogP contribution in [0.15, 0.2) is 59.4 Å². The van der Waals surface area contributed by atoms with E-state index in [1.54, 1.807) is 36.9 Å². The Morgan fingerprint density at radius 1 is 1.29 bits per heavy atom. The van der Waals surface area contributed by atoms with Crippen LogP contribution in [0.5, 0.6) is 0 Å². The number of amides is 1. The number of rotatable bonds is 5. The van der Waals surface area contributed by atoms with Crippen LogP contribution < -0.4 is 5.32 Å². The van der Waals surface area contributed by atoms with E-state index in [-0.39, 0.29) is 12.5 Å². The van der Waals surface area contributed by atoms with Crippen molar-refractivity contribution in [2.75, 3.05) is 6.54 Å². The summed E-state index contributed by atoms with van der Waals surface area (Å²) < 4.78 is 7.14. The van der Waals surface area contributed by atoms with Gasteiger partial charge < -0.3 is 14.8 Å². The molecule has 24 heavy (non-hydrogen) atoms. The number of imidazole rings is 1. The fourth-order valence-electron chi connectivity index (χ4n) is 2.41. The summed E-state index contributed by atoms with van der Waals surface area (Å²) in [5.41, 5.74) is -0.0529. The smallest absolute Gasteiger partial charge is 0.270 e. The summed E-state index contributed by atoms with van der Waals surface area (Å²) >= 11 is 0. The molecule has 1 atom stereocenters. The van der Waals surface area contributed by atoms with E-state index in [2.05, 4.69) is 10.3 Å². The van der Waals surface area contributed by atoms with E-state index in [1.807, 2.05) is 30.3 Å². The van der Waals surface area contributed by atoms with Gasteiger partial charge in [0, 0.05) is 5.69 Å². The standard InChI is InChI=1S/C18H19N3O3/c1-13-8-9-16(24-13)18(2,23)11-20-17(22)15-10-19-12-21(15)14-6-4-3-5-7-14/h3-10,12,23H,11H2,1-2H3,(H,20,22). The van der Waals surface area contributed by atoms with Crippen molar-refractivity contribution in [3.05, 3.63) is 72.2 Å². The van der Waals surface area contributed by atoms with Crippen molar-refractivity contribution >= 4 is 5.91 Å². The molecule has 1 amide bonds. The molecular weight excluding hydrogens is 306 g/mol. The Morgan fingerprint density at radius 3 is 2.71 bits per heavy atom. The molecule has 0 aliphatic carbocycles. The zero-order valence-corrected chi connectivity index (χ0v) is 13.6. The highest BCUT2D eigenvalue weighted by atomic mass is 16.4. The highest BCUT2D eigenvalue weighted by Crippen LogP contribution is 2.22. The van der Waals surface area contributed by atoms with E-state index in [0.29, 0.717) is 17.2 Å². The minimum atomic E-state index is -1.29. The minimum Gasteiger partial charge on any atom is -0.463 e. The van der Waals surface area contributed by atoms with Gasteiger partial charge in [-0.15, -0.1) is 0 Å².